The lowest BCUT2D eigenvalue weighted by molar-refractivity contribution is 0.523. The summed E-state index contributed by atoms with van der Waals surface area (Å²) in [5, 5.41) is 5.62. The number of aromatic nitrogens is 2. The maximum atomic E-state index is 13.2. The van der Waals surface area contributed by atoms with Crippen LogP contribution >= 0.6 is 11.3 Å². The molecular weight excluding hydrogens is 309 g/mol. The van der Waals surface area contributed by atoms with Crippen LogP contribution in [0.15, 0.2) is 54.2 Å². The van der Waals surface area contributed by atoms with Gasteiger partial charge in [-0.15, -0.1) is 11.3 Å². The third-order valence-corrected chi connectivity index (χ3v) is 4.74. The van der Waals surface area contributed by atoms with Crippen molar-refractivity contribution in [1.82, 2.24) is 14.9 Å². The van der Waals surface area contributed by atoms with Crippen LogP contribution in [-0.4, -0.2) is 9.55 Å². The molecule has 0 bridgehead atoms. The van der Waals surface area contributed by atoms with Crippen molar-refractivity contribution in [2.45, 2.75) is 32.5 Å². The summed E-state index contributed by atoms with van der Waals surface area (Å²) in [5.74, 6) is 0.790. The van der Waals surface area contributed by atoms with Crippen LogP contribution < -0.4 is 5.32 Å². The molecule has 0 spiro atoms. The van der Waals surface area contributed by atoms with Gasteiger partial charge in [0, 0.05) is 23.3 Å². The van der Waals surface area contributed by atoms with Crippen molar-refractivity contribution in [2.75, 3.05) is 0 Å². The zero-order chi connectivity index (χ0) is 16.2. The van der Waals surface area contributed by atoms with Gasteiger partial charge in [0.2, 0.25) is 0 Å². The minimum atomic E-state index is -0.214. The Morgan fingerprint density at radius 2 is 2.00 bits per heavy atom. The third kappa shape index (κ3) is 3.68. The Bertz CT molecular complexity index is 732. The first-order valence-corrected chi connectivity index (χ1v) is 8.57. The lowest BCUT2D eigenvalue weighted by Crippen LogP contribution is -2.23. The molecule has 5 heteroatoms. The molecule has 3 rings (SSSR count). The first-order chi connectivity index (χ1) is 11.1. The average Bonchev–Trinajstić information content (AvgIpc) is 3.20. The molecule has 0 aliphatic carbocycles. The largest absolute Gasteiger partial charge is 0.331 e. The summed E-state index contributed by atoms with van der Waals surface area (Å²) in [6.45, 7) is 4.94. The summed E-state index contributed by atoms with van der Waals surface area (Å²) < 4.78 is 15.4. The Morgan fingerprint density at radius 1 is 1.22 bits per heavy atom. The second-order valence-electron chi connectivity index (χ2n) is 5.73. The van der Waals surface area contributed by atoms with E-state index in [1.165, 1.54) is 17.0 Å². The van der Waals surface area contributed by atoms with E-state index < -0.39 is 0 Å². The highest BCUT2D eigenvalue weighted by molar-refractivity contribution is 7.10. The molecule has 120 valence electrons. The fourth-order valence-corrected chi connectivity index (χ4v) is 3.46. The highest BCUT2D eigenvalue weighted by atomic mass is 32.1. The van der Waals surface area contributed by atoms with Gasteiger partial charge in [-0.3, -0.25) is 5.32 Å². The molecule has 2 aromatic heterocycles. The molecule has 1 atom stereocenters. The maximum absolute atomic E-state index is 13.2. The molecule has 0 radical (unpaired) electrons. The van der Waals surface area contributed by atoms with E-state index in [9.17, 15) is 4.39 Å². The first-order valence-electron chi connectivity index (χ1n) is 7.69. The lowest BCUT2D eigenvalue weighted by atomic mass is 10.1. The highest BCUT2D eigenvalue weighted by Gasteiger charge is 2.16. The summed E-state index contributed by atoms with van der Waals surface area (Å²) in [5.41, 5.74) is 1.05. The fourth-order valence-electron chi connectivity index (χ4n) is 2.64. The SMILES string of the molecule is CC(C)n1ccnc1CN[C@@H](c1ccc(F)cc1)c1cccs1. The smallest absolute Gasteiger partial charge is 0.123 e. The molecule has 2 heterocycles. The summed E-state index contributed by atoms with van der Waals surface area (Å²) in [4.78, 5) is 5.65. The third-order valence-electron chi connectivity index (χ3n) is 3.80. The molecule has 3 nitrogen and oxygen atoms in total. The van der Waals surface area contributed by atoms with Crippen LogP contribution in [0.3, 0.4) is 0 Å². The van der Waals surface area contributed by atoms with E-state index in [-0.39, 0.29) is 11.9 Å². The molecule has 0 amide bonds. The molecule has 1 aromatic carbocycles. The van der Waals surface area contributed by atoms with Gasteiger partial charge in [0.05, 0.1) is 12.6 Å². The van der Waals surface area contributed by atoms with Gasteiger partial charge in [0.25, 0.3) is 0 Å². The van der Waals surface area contributed by atoms with Gasteiger partial charge < -0.3 is 4.57 Å². The van der Waals surface area contributed by atoms with E-state index in [4.69, 9.17) is 0 Å². The lowest BCUT2D eigenvalue weighted by Gasteiger charge is -2.19. The van der Waals surface area contributed by atoms with Crippen molar-refractivity contribution in [3.63, 3.8) is 0 Å². The molecule has 23 heavy (non-hydrogen) atoms. The van der Waals surface area contributed by atoms with Crippen LogP contribution in [0.4, 0.5) is 4.39 Å². The van der Waals surface area contributed by atoms with E-state index in [1.807, 2.05) is 30.6 Å². The van der Waals surface area contributed by atoms with Crippen molar-refractivity contribution < 1.29 is 4.39 Å². The van der Waals surface area contributed by atoms with Gasteiger partial charge in [-0.1, -0.05) is 18.2 Å². The van der Waals surface area contributed by atoms with Crippen LogP contribution in [0.1, 0.15) is 42.2 Å². The van der Waals surface area contributed by atoms with Crippen LogP contribution in [0.5, 0.6) is 0 Å². The summed E-state index contributed by atoms with van der Waals surface area (Å²) in [6, 6.07) is 11.2. The van der Waals surface area contributed by atoms with Crippen molar-refractivity contribution in [3.05, 3.63) is 76.3 Å². The van der Waals surface area contributed by atoms with E-state index in [0.717, 1.165) is 11.4 Å². The summed E-state index contributed by atoms with van der Waals surface area (Å²) >= 11 is 1.69. The Kier molecular flexibility index (Phi) is 4.88. The molecule has 0 aliphatic rings. The Balaban J connectivity index is 1.82. The Morgan fingerprint density at radius 3 is 2.65 bits per heavy atom. The highest BCUT2D eigenvalue weighted by Crippen LogP contribution is 2.26. The van der Waals surface area contributed by atoms with Crippen molar-refractivity contribution in [1.29, 1.82) is 0 Å². The summed E-state index contributed by atoms with van der Waals surface area (Å²) in [7, 11) is 0. The number of imidazole rings is 1. The fraction of sp³-hybridized carbons (Fsp3) is 0.278. The standard InChI is InChI=1S/C18H20FN3S/c1-13(2)22-10-9-20-17(22)12-21-18(16-4-3-11-23-16)14-5-7-15(19)8-6-14/h3-11,13,18,21H,12H2,1-2H3/t18-/m0/s1. The van der Waals surface area contributed by atoms with Gasteiger partial charge in [-0.25, -0.2) is 9.37 Å². The predicted octanol–water partition coefficient (Wildman–Crippen LogP) is 4.54. The van der Waals surface area contributed by atoms with Crippen LogP contribution in [-0.2, 0) is 6.54 Å². The average molecular weight is 329 g/mol. The molecule has 0 aliphatic heterocycles. The van der Waals surface area contributed by atoms with Gasteiger partial charge in [0.1, 0.15) is 11.6 Å². The van der Waals surface area contributed by atoms with Crippen molar-refractivity contribution in [3.8, 4) is 0 Å². The second-order valence-corrected chi connectivity index (χ2v) is 6.70. The molecule has 0 unspecified atom stereocenters. The number of hydrogen-bond donors (Lipinski definition) is 1. The van der Waals surface area contributed by atoms with Gasteiger partial charge >= 0.3 is 0 Å². The molecule has 0 saturated carbocycles. The molecular formula is C18H20FN3S. The first kappa shape index (κ1) is 15.9. The number of rotatable bonds is 6. The Labute approximate surface area is 139 Å². The van der Waals surface area contributed by atoms with E-state index in [0.29, 0.717) is 12.6 Å². The molecule has 0 saturated heterocycles. The minimum absolute atomic E-state index is 0.0351. The number of thiophene rings is 1. The van der Waals surface area contributed by atoms with Gasteiger partial charge in [-0.2, -0.15) is 0 Å². The number of nitrogens with one attached hydrogen (secondary N) is 1. The van der Waals surface area contributed by atoms with Crippen LogP contribution in [0.2, 0.25) is 0 Å². The second kappa shape index (κ2) is 7.06. The van der Waals surface area contributed by atoms with E-state index >= 15 is 0 Å². The number of nitrogens with zero attached hydrogens (tertiary/aromatic N) is 2. The van der Waals surface area contributed by atoms with Crippen LogP contribution in [0, 0.1) is 5.82 Å². The van der Waals surface area contributed by atoms with Gasteiger partial charge in [-0.05, 0) is 43.0 Å². The summed E-state index contributed by atoms with van der Waals surface area (Å²) in [6.07, 6.45) is 3.83. The monoisotopic (exact) mass is 329 g/mol. The van der Waals surface area contributed by atoms with Crippen molar-refractivity contribution in [2.24, 2.45) is 0 Å². The maximum Gasteiger partial charge on any atom is 0.123 e. The van der Waals surface area contributed by atoms with Crippen molar-refractivity contribution >= 4 is 11.3 Å². The predicted molar refractivity (Wildman–Crippen MR) is 92.0 cm³/mol. The minimum Gasteiger partial charge on any atom is -0.331 e. The number of benzene rings is 1. The van der Waals surface area contributed by atoms with Crippen LogP contribution in [0.25, 0.3) is 0 Å². The zero-order valence-corrected chi connectivity index (χ0v) is 14.1. The number of hydrogen-bond acceptors (Lipinski definition) is 3. The number of halogens is 1. The van der Waals surface area contributed by atoms with E-state index in [2.05, 4.69) is 40.2 Å². The Hall–Kier alpha value is -1.98. The van der Waals surface area contributed by atoms with Gasteiger partial charge in [0.15, 0.2) is 0 Å². The molecule has 1 N–H and O–H groups in total. The normalized spacial score (nSPS) is 12.7. The molecule has 3 aromatic rings. The zero-order valence-electron chi connectivity index (χ0n) is 13.2. The van der Waals surface area contributed by atoms with E-state index in [1.54, 1.807) is 11.3 Å². The topological polar surface area (TPSA) is 29.9 Å². The molecule has 0 fully saturated rings. The quantitative estimate of drug-likeness (QED) is 0.719.